The van der Waals surface area contributed by atoms with Crippen molar-refractivity contribution in [3.63, 3.8) is 0 Å². The number of aliphatic hydroxyl groups excluding tert-OH is 1. The fraction of sp³-hybridized carbons (Fsp3) is 0.682. The molecule has 0 spiro atoms. The van der Waals surface area contributed by atoms with Crippen LogP contribution in [0.2, 0.25) is 0 Å². The third-order valence-corrected chi connectivity index (χ3v) is 4.44. The predicted octanol–water partition coefficient (Wildman–Crippen LogP) is 3.20. The van der Waals surface area contributed by atoms with E-state index in [1.165, 1.54) is 0 Å². The first-order chi connectivity index (χ1) is 13.6. The summed E-state index contributed by atoms with van der Waals surface area (Å²) in [5.74, 6) is 2.69. The van der Waals surface area contributed by atoms with Gasteiger partial charge in [-0.25, -0.2) is 4.99 Å². The predicted molar refractivity (Wildman–Crippen MR) is 116 cm³/mol. The highest BCUT2D eigenvalue weighted by Crippen LogP contribution is 2.14. The molecule has 1 unspecified atom stereocenters. The Morgan fingerprint density at radius 2 is 1.93 bits per heavy atom. The molecule has 0 aliphatic rings. The van der Waals surface area contributed by atoms with Crippen LogP contribution >= 0.6 is 0 Å². The summed E-state index contributed by atoms with van der Waals surface area (Å²) in [6.07, 6.45) is 2.83. The SMILES string of the molecule is CCOCCCNC(=NCc1ccc(OC)cc1)NCC(CCO)CC(C)C. The molecule has 0 radical (unpaired) electrons. The molecule has 1 aromatic rings. The Balaban J connectivity index is 2.64. The van der Waals surface area contributed by atoms with Crippen LogP contribution < -0.4 is 15.4 Å². The first kappa shape index (κ1) is 24.2. The van der Waals surface area contributed by atoms with Crippen LogP contribution in [0.5, 0.6) is 5.75 Å². The minimum atomic E-state index is 0.221. The van der Waals surface area contributed by atoms with Gasteiger partial charge in [0.2, 0.25) is 0 Å². The van der Waals surface area contributed by atoms with Crippen molar-refractivity contribution in [1.82, 2.24) is 10.6 Å². The Labute approximate surface area is 170 Å². The zero-order valence-corrected chi connectivity index (χ0v) is 18.0. The highest BCUT2D eigenvalue weighted by molar-refractivity contribution is 5.79. The molecule has 0 fully saturated rings. The molecule has 6 heteroatoms. The molecule has 0 bridgehead atoms. The van der Waals surface area contributed by atoms with Gasteiger partial charge in [0.15, 0.2) is 5.96 Å². The number of aliphatic imine (C=N–C) groups is 1. The average molecular weight is 394 g/mol. The molecule has 6 nitrogen and oxygen atoms in total. The molecule has 0 amide bonds. The molecular weight excluding hydrogens is 354 g/mol. The van der Waals surface area contributed by atoms with E-state index >= 15 is 0 Å². The fourth-order valence-electron chi connectivity index (χ4n) is 2.99. The van der Waals surface area contributed by atoms with Crippen molar-refractivity contribution in [3.8, 4) is 5.75 Å². The smallest absolute Gasteiger partial charge is 0.191 e. The van der Waals surface area contributed by atoms with Crippen LogP contribution in [0.1, 0.15) is 45.6 Å². The number of nitrogens with zero attached hydrogens (tertiary/aromatic N) is 1. The normalized spacial score (nSPS) is 12.9. The van der Waals surface area contributed by atoms with E-state index in [1.54, 1.807) is 7.11 Å². The van der Waals surface area contributed by atoms with E-state index in [-0.39, 0.29) is 6.61 Å². The zero-order chi connectivity index (χ0) is 20.6. The highest BCUT2D eigenvalue weighted by atomic mass is 16.5. The summed E-state index contributed by atoms with van der Waals surface area (Å²) in [6.45, 7) is 10.4. The van der Waals surface area contributed by atoms with Crippen molar-refractivity contribution in [1.29, 1.82) is 0 Å². The van der Waals surface area contributed by atoms with Crippen molar-refractivity contribution in [2.75, 3.05) is 40.0 Å². The second kappa shape index (κ2) is 15.2. The molecule has 1 atom stereocenters. The molecule has 28 heavy (non-hydrogen) atoms. The molecule has 3 N–H and O–H groups in total. The molecule has 0 aliphatic heterocycles. The van der Waals surface area contributed by atoms with Crippen LogP contribution in [0.3, 0.4) is 0 Å². The number of ether oxygens (including phenoxy) is 2. The molecular formula is C22H39N3O3. The molecule has 0 aromatic heterocycles. The molecule has 0 heterocycles. The number of aliphatic hydroxyl groups is 1. The Morgan fingerprint density at radius 3 is 2.54 bits per heavy atom. The van der Waals surface area contributed by atoms with Gasteiger partial charge in [0.1, 0.15) is 5.75 Å². The van der Waals surface area contributed by atoms with Gasteiger partial charge in [-0.3, -0.25) is 0 Å². The third-order valence-electron chi connectivity index (χ3n) is 4.44. The Bertz CT molecular complexity index is 532. The van der Waals surface area contributed by atoms with Crippen LogP contribution in [0.4, 0.5) is 0 Å². The van der Waals surface area contributed by atoms with Gasteiger partial charge in [0.05, 0.1) is 13.7 Å². The van der Waals surface area contributed by atoms with E-state index in [0.717, 1.165) is 62.8 Å². The maximum atomic E-state index is 9.34. The number of hydrogen-bond donors (Lipinski definition) is 3. The minimum absolute atomic E-state index is 0.221. The quantitative estimate of drug-likeness (QED) is 0.257. The van der Waals surface area contributed by atoms with Crippen molar-refractivity contribution in [2.45, 2.75) is 46.6 Å². The summed E-state index contributed by atoms with van der Waals surface area (Å²) in [5, 5.41) is 16.2. The van der Waals surface area contributed by atoms with Crippen molar-refractivity contribution in [3.05, 3.63) is 29.8 Å². The number of guanidine groups is 1. The van der Waals surface area contributed by atoms with Crippen LogP contribution in [-0.2, 0) is 11.3 Å². The van der Waals surface area contributed by atoms with Gasteiger partial charge >= 0.3 is 0 Å². The topological polar surface area (TPSA) is 75.1 Å². The fourth-order valence-corrected chi connectivity index (χ4v) is 2.99. The molecule has 0 saturated carbocycles. The van der Waals surface area contributed by atoms with E-state index < -0.39 is 0 Å². The van der Waals surface area contributed by atoms with Gasteiger partial charge in [-0.2, -0.15) is 0 Å². The summed E-state index contributed by atoms with van der Waals surface area (Å²) < 4.78 is 10.6. The summed E-state index contributed by atoms with van der Waals surface area (Å²) in [7, 11) is 1.67. The number of benzene rings is 1. The van der Waals surface area contributed by atoms with E-state index in [4.69, 9.17) is 14.5 Å². The van der Waals surface area contributed by atoms with E-state index in [0.29, 0.717) is 18.4 Å². The largest absolute Gasteiger partial charge is 0.497 e. The maximum absolute atomic E-state index is 9.34. The van der Waals surface area contributed by atoms with E-state index in [1.807, 2.05) is 31.2 Å². The molecule has 1 rings (SSSR count). The Kier molecular flexibility index (Phi) is 13.1. The van der Waals surface area contributed by atoms with Crippen LogP contribution in [0, 0.1) is 11.8 Å². The van der Waals surface area contributed by atoms with E-state index in [2.05, 4.69) is 24.5 Å². The van der Waals surface area contributed by atoms with Crippen molar-refractivity contribution in [2.24, 2.45) is 16.8 Å². The monoisotopic (exact) mass is 393 g/mol. The first-order valence-electron chi connectivity index (χ1n) is 10.4. The van der Waals surface area contributed by atoms with Crippen molar-refractivity contribution < 1.29 is 14.6 Å². The first-order valence-corrected chi connectivity index (χ1v) is 10.4. The van der Waals surface area contributed by atoms with Gasteiger partial charge in [-0.15, -0.1) is 0 Å². The van der Waals surface area contributed by atoms with Gasteiger partial charge in [0, 0.05) is 32.9 Å². The molecule has 160 valence electrons. The lowest BCUT2D eigenvalue weighted by Crippen LogP contribution is -2.41. The number of rotatable bonds is 14. The lowest BCUT2D eigenvalue weighted by molar-refractivity contribution is 0.145. The zero-order valence-electron chi connectivity index (χ0n) is 18.0. The van der Waals surface area contributed by atoms with Crippen molar-refractivity contribution >= 4 is 5.96 Å². The summed E-state index contributed by atoms with van der Waals surface area (Å²) in [6, 6.07) is 7.96. The number of hydrogen-bond acceptors (Lipinski definition) is 4. The molecule has 0 aliphatic carbocycles. The standard InChI is InChI=1S/C22H39N3O3/c1-5-28-14-6-12-23-22(25-17-20(11-13-26)15-18(2)3)24-16-19-7-9-21(27-4)10-8-19/h7-10,18,20,26H,5-6,11-17H2,1-4H3,(H2,23,24,25). The Hall–Kier alpha value is -1.79. The maximum Gasteiger partial charge on any atom is 0.191 e. The van der Waals surface area contributed by atoms with Gasteiger partial charge in [-0.05, 0) is 55.7 Å². The lowest BCUT2D eigenvalue weighted by Gasteiger charge is -2.20. The number of methoxy groups -OCH3 is 1. The van der Waals surface area contributed by atoms with Gasteiger partial charge in [0.25, 0.3) is 0 Å². The third kappa shape index (κ3) is 11.1. The van der Waals surface area contributed by atoms with Crippen LogP contribution in [-0.4, -0.2) is 51.1 Å². The Morgan fingerprint density at radius 1 is 1.18 bits per heavy atom. The lowest BCUT2D eigenvalue weighted by atomic mass is 9.94. The second-order valence-corrected chi connectivity index (χ2v) is 7.38. The van der Waals surface area contributed by atoms with Gasteiger partial charge < -0.3 is 25.2 Å². The van der Waals surface area contributed by atoms with Gasteiger partial charge in [-0.1, -0.05) is 26.0 Å². The average Bonchev–Trinajstić information content (AvgIpc) is 2.69. The minimum Gasteiger partial charge on any atom is -0.497 e. The van der Waals surface area contributed by atoms with E-state index in [9.17, 15) is 5.11 Å². The number of nitrogens with one attached hydrogen (secondary N) is 2. The molecule has 0 saturated heterocycles. The molecule has 1 aromatic carbocycles. The summed E-state index contributed by atoms with van der Waals surface area (Å²) in [4.78, 5) is 4.73. The summed E-state index contributed by atoms with van der Waals surface area (Å²) in [5.41, 5.74) is 1.13. The van der Waals surface area contributed by atoms with Crippen LogP contribution in [0.25, 0.3) is 0 Å². The highest BCUT2D eigenvalue weighted by Gasteiger charge is 2.11. The van der Waals surface area contributed by atoms with Crippen LogP contribution in [0.15, 0.2) is 29.3 Å². The second-order valence-electron chi connectivity index (χ2n) is 7.38. The summed E-state index contributed by atoms with van der Waals surface area (Å²) >= 11 is 0.